The van der Waals surface area contributed by atoms with Gasteiger partial charge in [0.05, 0.1) is 6.61 Å². The molecule has 1 atom stereocenters. The Kier molecular flexibility index (Phi) is 4.85. The van der Waals surface area contributed by atoms with Crippen LogP contribution in [-0.2, 0) is 4.74 Å². The predicted octanol–water partition coefficient (Wildman–Crippen LogP) is 1.08. The summed E-state index contributed by atoms with van der Waals surface area (Å²) in [6.45, 7) is 7.31. The van der Waals surface area contributed by atoms with E-state index in [9.17, 15) is 0 Å². The first-order valence-electron chi connectivity index (χ1n) is 5.62. The van der Waals surface area contributed by atoms with Crippen molar-refractivity contribution < 1.29 is 4.74 Å². The lowest BCUT2D eigenvalue weighted by atomic mass is 10.2. The minimum atomic E-state index is 0.154. The predicted molar refractivity (Wildman–Crippen MR) is 59.3 cm³/mol. The molecule has 1 aliphatic carbocycles. The molecular weight excluding hydrogens is 176 g/mol. The molecule has 84 valence electrons. The molecule has 0 aliphatic heterocycles. The highest BCUT2D eigenvalue weighted by atomic mass is 16.5. The maximum Gasteiger partial charge on any atom is 0.0626 e. The lowest BCUT2D eigenvalue weighted by molar-refractivity contribution is 0.137. The average molecular weight is 200 g/mol. The SMILES string of the molecule is COCC(N)CN(CC1CC1)C(C)C. The van der Waals surface area contributed by atoms with Crippen LogP contribution in [0.15, 0.2) is 0 Å². The number of ether oxygens (including phenoxy) is 1. The second kappa shape index (κ2) is 5.69. The van der Waals surface area contributed by atoms with E-state index in [1.165, 1.54) is 19.4 Å². The third-order valence-electron chi connectivity index (χ3n) is 2.77. The van der Waals surface area contributed by atoms with Gasteiger partial charge < -0.3 is 10.5 Å². The topological polar surface area (TPSA) is 38.5 Å². The fourth-order valence-corrected chi connectivity index (χ4v) is 1.70. The number of hydrogen-bond donors (Lipinski definition) is 1. The van der Waals surface area contributed by atoms with Gasteiger partial charge in [0.15, 0.2) is 0 Å². The Morgan fingerprint density at radius 3 is 2.50 bits per heavy atom. The molecule has 0 amide bonds. The first kappa shape index (κ1) is 12.0. The summed E-state index contributed by atoms with van der Waals surface area (Å²) in [5.41, 5.74) is 5.95. The lowest BCUT2D eigenvalue weighted by Crippen LogP contribution is -2.44. The van der Waals surface area contributed by atoms with Gasteiger partial charge in [-0.25, -0.2) is 0 Å². The normalized spacial score (nSPS) is 19.3. The summed E-state index contributed by atoms with van der Waals surface area (Å²) in [4.78, 5) is 2.47. The van der Waals surface area contributed by atoms with E-state index in [1.807, 2.05) is 0 Å². The Morgan fingerprint density at radius 2 is 2.07 bits per heavy atom. The molecule has 0 radical (unpaired) electrons. The molecule has 0 saturated heterocycles. The zero-order chi connectivity index (χ0) is 10.6. The van der Waals surface area contributed by atoms with Crippen LogP contribution in [0.2, 0.25) is 0 Å². The first-order valence-corrected chi connectivity index (χ1v) is 5.62. The van der Waals surface area contributed by atoms with Crippen LogP contribution in [0.25, 0.3) is 0 Å². The molecule has 0 heterocycles. The van der Waals surface area contributed by atoms with Crippen molar-refractivity contribution >= 4 is 0 Å². The number of rotatable bonds is 7. The minimum absolute atomic E-state index is 0.154. The van der Waals surface area contributed by atoms with E-state index >= 15 is 0 Å². The molecule has 1 fully saturated rings. The maximum absolute atomic E-state index is 5.95. The van der Waals surface area contributed by atoms with E-state index in [4.69, 9.17) is 10.5 Å². The third kappa shape index (κ3) is 4.40. The second-order valence-electron chi connectivity index (χ2n) is 4.71. The van der Waals surface area contributed by atoms with Crippen LogP contribution >= 0.6 is 0 Å². The molecule has 3 nitrogen and oxygen atoms in total. The molecule has 14 heavy (non-hydrogen) atoms. The number of nitrogens with two attached hydrogens (primary N) is 1. The highest BCUT2D eigenvalue weighted by Crippen LogP contribution is 2.30. The Morgan fingerprint density at radius 1 is 1.43 bits per heavy atom. The molecule has 3 heteroatoms. The fourth-order valence-electron chi connectivity index (χ4n) is 1.70. The molecule has 0 bridgehead atoms. The monoisotopic (exact) mass is 200 g/mol. The minimum Gasteiger partial charge on any atom is -0.383 e. The summed E-state index contributed by atoms with van der Waals surface area (Å²) >= 11 is 0. The van der Waals surface area contributed by atoms with E-state index in [0.29, 0.717) is 12.6 Å². The molecule has 0 aromatic rings. The number of nitrogens with zero attached hydrogens (tertiary/aromatic N) is 1. The number of methoxy groups -OCH3 is 1. The molecule has 1 unspecified atom stereocenters. The Labute approximate surface area is 87.6 Å². The summed E-state index contributed by atoms with van der Waals surface area (Å²) in [7, 11) is 1.71. The lowest BCUT2D eigenvalue weighted by Gasteiger charge is -2.29. The van der Waals surface area contributed by atoms with Gasteiger partial charge in [0.25, 0.3) is 0 Å². The summed E-state index contributed by atoms with van der Waals surface area (Å²) in [5.74, 6) is 0.937. The summed E-state index contributed by atoms with van der Waals surface area (Å²) < 4.78 is 5.05. The van der Waals surface area contributed by atoms with E-state index in [0.717, 1.165) is 12.5 Å². The third-order valence-corrected chi connectivity index (χ3v) is 2.77. The van der Waals surface area contributed by atoms with Gasteiger partial charge in [0, 0.05) is 32.3 Å². The maximum atomic E-state index is 5.95. The van der Waals surface area contributed by atoms with Gasteiger partial charge in [-0.2, -0.15) is 0 Å². The van der Waals surface area contributed by atoms with E-state index in [1.54, 1.807) is 7.11 Å². The van der Waals surface area contributed by atoms with Gasteiger partial charge in [-0.05, 0) is 32.6 Å². The van der Waals surface area contributed by atoms with Gasteiger partial charge in [0.1, 0.15) is 0 Å². The van der Waals surface area contributed by atoms with Crippen molar-refractivity contribution in [2.24, 2.45) is 11.7 Å². The smallest absolute Gasteiger partial charge is 0.0626 e. The first-order chi connectivity index (χ1) is 6.63. The Bertz CT molecular complexity index is 157. The van der Waals surface area contributed by atoms with Crippen molar-refractivity contribution in [3.63, 3.8) is 0 Å². The molecule has 1 aliphatic rings. The molecule has 0 aromatic heterocycles. The van der Waals surface area contributed by atoms with E-state index in [-0.39, 0.29) is 6.04 Å². The van der Waals surface area contributed by atoms with Crippen molar-refractivity contribution in [3.8, 4) is 0 Å². The molecule has 1 rings (SSSR count). The van der Waals surface area contributed by atoms with Crippen LogP contribution in [0.5, 0.6) is 0 Å². The number of hydrogen-bond acceptors (Lipinski definition) is 3. The van der Waals surface area contributed by atoms with Crippen LogP contribution in [0.3, 0.4) is 0 Å². The highest BCUT2D eigenvalue weighted by molar-refractivity contribution is 4.80. The van der Waals surface area contributed by atoms with Crippen LogP contribution in [0, 0.1) is 5.92 Å². The fraction of sp³-hybridized carbons (Fsp3) is 1.00. The summed E-state index contributed by atoms with van der Waals surface area (Å²) in [6, 6.07) is 0.750. The van der Waals surface area contributed by atoms with Crippen LogP contribution in [0.1, 0.15) is 26.7 Å². The van der Waals surface area contributed by atoms with Gasteiger partial charge in [-0.15, -0.1) is 0 Å². The van der Waals surface area contributed by atoms with Crippen molar-refractivity contribution in [2.45, 2.75) is 38.8 Å². The molecule has 0 aromatic carbocycles. The Balaban J connectivity index is 2.25. The molecule has 1 saturated carbocycles. The van der Waals surface area contributed by atoms with Crippen molar-refractivity contribution in [1.82, 2.24) is 4.90 Å². The quantitative estimate of drug-likeness (QED) is 0.668. The van der Waals surface area contributed by atoms with Gasteiger partial charge in [-0.1, -0.05) is 0 Å². The van der Waals surface area contributed by atoms with Crippen molar-refractivity contribution in [1.29, 1.82) is 0 Å². The average Bonchev–Trinajstić information content (AvgIpc) is 2.87. The van der Waals surface area contributed by atoms with Crippen LogP contribution in [-0.4, -0.2) is 43.8 Å². The second-order valence-corrected chi connectivity index (χ2v) is 4.71. The zero-order valence-electron chi connectivity index (χ0n) is 9.70. The highest BCUT2D eigenvalue weighted by Gasteiger charge is 2.26. The van der Waals surface area contributed by atoms with Gasteiger partial charge in [-0.3, -0.25) is 4.90 Å². The standard InChI is InChI=1S/C11H24N2O/c1-9(2)13(6-10-4-5-10)7-11(12)8-14-3/h9-11H,4-8,12H2,1-3H3. The van der Waals surface area contributed by atoms with E-state index in [2.05, 4.69) is 18.7 Å². The largest absolute Gasteiger partial charge is 0.383 e. The van der Waals surface area contributed by atoms with E-state index < -0.39 is 0 Å². The van der Waals surface area contributed by atoms with Crippen molar-refractivity contribution in [2.75, 3.05) is 26.8 Å². The van der Waals surface area contributed by atoms with Crippen LogP contribution < -0.4 is 5.73 Å². The molecule has 2 N–H and O–H groups in total. The zero-order valence-corrected chi connectivity index (χ0v) is 9.70. The van der Waals surface area contributed by atoms with Gasteiger partial charge in [0.2, 0.25) is 0 Å². The molecule has 0 spiro atoms. The molecular formula is C11H24N2O. The Hall–Kier alpha value is -0.120. The summed E-state index contributed by atoms with van der Waals surface area (Å²) in [6.07, 6.45) is 2.81. The summed E-state index contributed by atoms with van der Waals surface area (Å²) in [5, 5.41) is 0. The van der Waals surface area contributed by atoms with Crippen LogP contribution in [0.4, 0.5) is 0 Å². The van der Waals surface area contributed by atoms with Gasteiger partial charge >= 0.3 is 0 Å². The van der Waals surface area contributed by atoms with Crippen molar-refractivity contribution in [3.05, 3.63) is 0 Å².